The molecule has 0 bridgehead atoms. The Morgan fingerprint density at radius 1 is 1.37 bits per heavy atom. The molecule has 1 unspecified atom stereocenters. The van der Waals surface area contributed by atoms with Gasteiger partial charge in [0.2, 0.25) is 0 Å². The van der Waals surface area contributed by atoms with Gasteiger partial charge in [-0.05, 0) is 24.2 Å². The Morgan fingerprint density at radius 3 is 3.16 bits per heavy atom. The third-order valence-corrected chi connectivity index (χ3v) is 4.80. The van der Waals surface area contributed by atoms with Crippen molar-refractivity contribution in [3.63, 3.8) is 0 Å². The van der Waals surface area contributed by atoms with Gasteiger partial charge in [0.05, 0.1) is 5.69 Å². The third kappa shape index (κ3) is 2.69. The molecule has 1 aliphatic heterocycles. The van der Waals surface area contributed by atoms with E-state index < -0.39 is 0 Å². The molecular formula is C15H19N3S. The highest BCUT2D eigenvalue weighted by Gasteiger charge is 2.23. The molecule has 1 N–H and O–H groups in total. The van der Waals surface area contributed by atoms with Crippen molar-refractivity contribution in [3.05, 3.63) is 47.8 Å². The van der Waals surface area contributed by atoms with Crippen LogP contribution in [0.5, 0.6) is 0 Å². The van der Waals surface area contributed by atoms with Crippen molar-refractivity contribution in [1.29, 1.82) is 0 Å². The van der Waals surface area contributed by atoms with Crippen molar-refractivity contribution in [2.75, 3.05) is 12.3 Å². The summed E-state index contributed by atoms with van der Waals surface area (Å²) in [5.41, 5.74) is 2.76. The van der Waals surface area contributed by atoms with E-state index in [1.807, 2.05) is 18.0 Å². The van der Waals surface area contributed by atoms with Gasteiger partial charge in [0.1, 0.15) is 0 Å². The van der Waals surface area contributed by atoms with Crippen LogP contribution in [0.15, 0.2) is 41.4 Å². The summed E-state index contributed by atoms with van der Waals surface area (Å²) in [6.07, 6.45) is 1.90. The lowest BCUT2D eigenvalue weighted by Gasteiger charge is -2.13. The second kappa shape index (κ2) is 5.80. The summed E-state index contributed by atoms with van der Waals surface area (Å²) in [7, 11) is 0. The quantitative estimate of drug-likeness (QED) is 0.908. The molecule has 0 saturated heterocycles. The molecule has 1 atom stereocenters. The maximum absolute atomic E-state index is 4.47. The van der Waals surface area contributed by atoms with Crippen molar-refractivity contribution >= 4 is 11.8 Å². The van der Waals surface area contributed by atoms with Gasteiger partial charge in [0, 0.05) is 35.9 Å². The standard InChI is InChI=1S/C15H19N3S/c1-2-16-9-13-7-8-17-18(13)10-12-11-19-15-6-4-3-5-14(12)15/h3-8,12,16H,2,9-11H2,1H3. The summed E-state index contributed by atoms with van der Waals surface area (Å²) in [6.45, 7) is 5.01. The number of benzene rings is 1. The van der Waals surface area contributed by atoms with Gasteiger partial charge in [0.25, 0.3) is 0 Å². The van der Waals surface area contributed by atoms with Crippen LogP contribution in [0.2, 0.25) is 0 Å². The molecule has 100 valence electrons. The van der Waals surface area contributed by atoms with Crippen LogP contribution in [0.25, 0.3) is 0 Å². The molecule has 4 heteroatoms. The zero-order valence-electron chi connectivity index (χ0n) is 11.2. The van der Waals surface area contributed by atoms with Crippen molar-refractivity contribution in [2.45, 2.75) is 30.8 Å². The Hall–Kier alpha value is -1.26. The topological polar surface area (TPSA) is 29.9 Å². The predicted octanol–water partition coefficient (Wildman–Crippen LogP) is 2.88. The fraction of sp³-hybridized carbons (Fsp3) is 0.400. The second-order valence-electron chi connectivity index (χ2n) is 4.83. The van der Waals surface area contributed by atoms with Gasteiger partial charge in [-0.2, -0.15) is 5.10 Å². The highest BCUT2D eigenvalue weighted by Crippen LogP contribution is 2.40. The van der Waals surface area contributed by atoms with E-state index >= 15 is 0 Å². The fourth-order valence-electron chi connectivity index (χ4n) is 2.52. The molecule has 2 heterocycles. The number of hydrogen-bond acceptors (Lipinski definition) is 3. The fourth-order valence-corrected chi connectivity index (χ4v) is 3.76. The first-order valence-electron chi connectivity index (χ1n) is 6.81. The van der Waals surface area contributed by atoms with Gasteiger partial charge in [-0.25, -0.2) is 0 Å². The Labute approximate surface area is 118 Å². The van der Waals surface area contributed by atoms with Gasteiger partial charge in [-0.3, -0.25) is 4.68 Å². The van der Waals surface area contributed by atoms with Crippen LogP contribution in [0, 0.1) is 0 Å². The molecule has 0 aliphatic carbocycles. The minimum absolute atomic E-state index is 0.585. The SMILES string of the molecule is CCNCc1ccnn1CC1CSc2ccccc21. The zero-order valence-corrected chi connectivity index (χ0v) is 12.0. The van der Waals surface area contributed by atoms with Crippen LogP contribution in [0.1, 0.15) is 24.1 Å². The van der Waals surface area contributed by atoms with Gasteiger partial charge >= 0.3 is 0 Å². The minimum atomic E-state index is 0.585. The van der Waals surface area contributed by atoms with Gasteiger partial charge in [-0.15, -0.1) is 11.8 Å². The van der Waals surface area contributed by atoms with E-state index in [1.165, 1.54) is 21.9 Å². The number of aromatic nitrogens is 2. The first-order chi connectivity index (χ1) is 9.38. The molecule has 1 aromatic carbocycles. The molecule has 3 nitrogen and oxygen atoms in total. The molecule has 0 radical (unpaired) electrons. The number of nitrogens with zero attached hydrogens (tertiary/aromatic N) is 2. The summed E-state index contributed by atoms with van der Waals surface area (Å²) in [5.74, 6) is 1.75. The third-order valence-electron chi connectivity index (χ3n) is 3.55. The van der Waals surface area contributed by atoms with E-state index in [-0.39, 0.29) is 0 Å². The monoisotopic (exact) mass is 273 g/mol. The number of thioether (sulfide) groups is 1. The van der Waals surface area contributed by atoms with E-state index in [9.17, 15) is 0 Å². The minimum Gasteiger partial charge on any atom is -0.311 e. The van der Waals surface area contributed by atoms with Crippen LogP contribution < -0.4 is 5.32 Å². The second-order valence-corrected chi connectivity index (χ2v) is 5.89. The van der Waals surface area contributed by atoms with Gasteiger partial charge < -0.3 is 5.32 Å². The summed E-state index contributed by atoms with van der Waals surface area (Å²) in [6, 6.07) is 10.9. The number of rotatable bonds is 5. The largest absolute Gasteiger partial charge is 0.311 e. The molecule has 0 saturated carbocycles. The molecule has 0 amide bonds. The van der Waals surface area contributed by atoms with Crippen molar-refractivity contribution in [3.8, 4) is 0 Å². The lowest BCUT2D eigenvalue weighted by atomic mass is 10.0. The predicted molar refractivity (Wildman–Crippen MR) is 79.5 cm³/mol. The molecule has 2 aromatic rings. The zero-order chi connectivity index (χ0) is 13.1. The van der Waals surface area contributed by atoms with Crippen LogP contribution in [0.4, 0.5) is 0 Å². The number of nitrogens with one attached hydrogen (secondary N) is 1. The first-order valence-corrected chi connectivity index (χ1v) is 7.80. The van der Waals surface area contributed by atoms with E-state index in [0.717, 1.165) is 19.6 Å². The normalized spacial score (nSPS) is 17.6. The summed E-state index contributed by atoms with van der Waals surface area (Å²) >= 11 is 1.96. The maximum atomic E-state index is 4.47. The average molecular weight is 273 g/mol. The number of fused-ring (bicyclic) bond motifs is 1. The lowest BCUT2D eigenvalue weighted by Crippen LogP contribution is -2.18. The molecular weight excluding hydrogens is 254 g/mol. The summed E-state index contributed by atoms with van der Waals surface area (Å²) < 4.78 is 2.15. The van der Waals surface area contributed by atoms with Crippen LogP contribution in [0.3, 0.4) is 0 Å². The molecule has 3 rings (SSSR count). The van der Waals surface area contributed by atoms with Gasteiger partial charge in [0.15, 0.2) is 0 Å². The highest BCUT2D eigenvalue weighted by molar-refractivity contribution is 7.99. The molecule has 19 heavy (non-hydrogen) atoms. The van der Waals surface area contributed by atoms with E-state index in [0.29, 0.717) is 5.92 Å². The average Bonchev–Trinajstić information content (AvgIpc) is 3.05. The lowest BCUT2D eigenvalue weighted by molar-refractivity contribution is 0.516. The van der Waals surface area contributed by atoms with E-state index in [2.05, 4.69) is 52.4 Å². The molecule has 1 aliphatic rings. The number of hydrogen-bond donors (Lipinski definition) is 1. The van der Waals surface area contributed by atoms with E-state index in [4.69, 9.17) is 0 Å². The first kappa shape index (κ1) is 12.8. The molecule has 0 fully saturated rings. The van der Waals surface area contributed by atoms with Crippen LogP contribution in [-0.2, 0) is 13.1 Å². The Kier molecular flexibility index (Phi) is 3.89. The molecule has 0 spiro atoms. The Bertz CT molecular complexity index is 550. The maximum Gasteiger partial charge on any atom is 0.0522 e. The summed E-state index contributed by atoms with van der Waals surface area (Å²) in [4.78, 5) is 1.44. The van der Waals surface area contributed by atoms with Crippen LogP contribution in [-0.4, -0.2) is 22.1 Å². The molecule has 1 aromatic heterocycles. The Balaban J connectivity index is 1.74. The Morgan fingerprint density at radius 2 is 2.26 bits per heavy atom. The summed E-state index contributed by atoms with van der Waals surface area (Å²) in [5, 5.41) is 7.84. The van der Waals surface area contributed by atoms with Crippen molar-refractivity contribution in [2.24, 2.45) is 0 Å². The van der Waals surface area contributed by atoms with Crippen molar-refractivity contribution in [1.82, 2.24) is 15.1 Å². The van der Waals surface area contributed by atoms with Gasteiger partial charge in [-0.1, -0.05) is 25.1 Å². The van der Waals surface area contributed by atoms with Crippen molar-refractivity contribution < 1.29 is 0 Å². The smallest absolute Gasteiger partial charge is 0.0522 e. The highest BCUT2D eigenvalue weighted by atomic mass is 32.2. The van der Waals surface area contributed by atoms with Crippen LogP contribution >= 0.6 is 11.8 Å². The van der Waals surface area contributed by atoms with E-state index in [1.54, 1.807) is 0 Å².